The lowest BCUT2D eigenvalue weighted by Gasteiger charge is -2.43. The van der Waals surface area contributed by atoms with E-state index in [4.69, 9.17) is 0 Å². The Labute approximate surface area is 142 Å². The van der Waals surface area contributed by atoms with Crippen molar-refractivity contribution in [1.82, 2.24) is 14.9 Å². The van der Waals surface area contributed by atoms with Crippen LogP contribution in [0.2, 0.25) is 0 Å². The van der Waals surface area contributed by atoms with Crippen LogP contribution in [0.25, 0.3) is 10.9 Å². The van der Waals surface area contributed by atoms with Gasteiger partial charge < -0.3 is 15.3 Å². The highest BCUT2D eigenvalue weighted by Gasteiger charge is 2.64. The lowest BCUT2D eigenvalue weighted by Crippen LogP contribution is -2.68. The lowest BCUT2D eigenvalue weighted by molar-refractivity contribution is -0.158. The van der Waals surface area contributed by atoms with Gasteiger partial charge in [-0.3, -0.25) is 4.79 Å². The molecule has 1 amide bonds. The van der Waals surface area contributed by atoms with Crippen LogP contribution in [0.1, 0.15) is 13.8 Å². The third-order valence-electron chi connectivity index (χ3n) is 4.51. The van der Waals surface area contributed by atoms with E-state index < -0.39 is 22.8 Å². The zero-order chi connectivity index (χ0) is 17.1. The number of hydrogen-bond donors (Lipinski definition) is 2. The Morgan fingerprint density at radius 2 is 2.08 bits per heavy atom. The number of amides is 1. The SMILES string of the molecule is CC1(C)SC2C(Nc3ncnc4ccccc34)C(=O)N2C1C(=O)O. The van der Waals surface area contributed by atoms with E-state index in [0.29, 0.717) is 5.82 Å². The Bertz CT molecular complexity index is 851. The molecule has 0 spiro atoms. The fourth-order valence-electron chi connectivity index (χ4n) is 3.41. The summed E-state index contributed by atoms with van der Waals surface area (Å²) in [6, 6.07) is 6.27. The zero-order valence-corrected chi connectivity index (χ0v) is 13.9. The van der Waals surface area contributed by atoms with Gasteiger partial charge >= 0.3 is 5.97 Å². The maximum atomic E-state index is 12.5. The average Bonchev–Trinajstić information content (AvgIpc) is 2.81. The molecule has 4 rings (SSSR count). The minimum atomic E-state index is -0.964. The van der Waals surface area contributed by atoms with Gasteiger partial charge in [-0.05, 0) is 26.0 Å². The number of aliphatic carboxylic acids is 1. The van der Waals surface area contributed by atoms with Crippen molar-refractivity contribution in [3.05, 3.63) is 30.6 Å². The summed E-state index contributed by atoms with van der Waals surface area (Å²) in [5, 5.41) is 13.3. The topological polar surface area (TPSA) is 95.4 Å². The van der Waals surface area contributed by atoms with Crippen molar-refractivity contribution in [1.29, 1.82) is 0 Å². The smallest absolute Gasteiger partial charge is 0.327 e. The monoisotopic (exact) mass is 344 g/mol. The Kier molecular flexibility index (Phi) is 3.21. The van der Waals surface area contributed by atoms with E-state index in [1.165, 1.54) is 23.0 Å². The summed E-state index contributed by atoms with van der Waals surface area (Å²) in [7, 11) is 0. The van der Waals surface area contributed by atoms with Gasteiger partial charge in [0.1, 0.15) is 29.6 Å². The third kappa shape index (κ3) is 2.06. The molecule has 0 radical (unpaired) electrons. The Morgan fingerprint density at radius 3 is 2.83 bits per heavy atom. The number of nitrogens with one attached hydrogen (secondary N) is 1. The molecule has 24 heavy (non-hydrogen) atoms. The van der Waals surface area contributed by atoms with Crippen LogP contribution >= 0.6 is 11.8 Å². The molecule has 3 unspecified atom stereocenters. The number of benzene rings is 1. The molecule has 1 aromatic carbocycles. The van der Waals surface area contributed by atoms with E-state index in [-0.39, 0.29) is 11.3 Å². The molecule has 8 heteroatoms. The summed E-state index contributed by atoms with van der Waals surface area (Å²) < 4.78 is -0.531. The number of β-lactam (4-membered cyclic amide) rings is 1. The van der Waals surface area contributed by atoms with E-state index >= 15 is 0 Å². The summed E-state index contributed by atoms with van der Waals surface area (Å²) in [5.74, 6) is -0.571. The first kappa shape index (κ1) is 15.2. The van der Waals surface area contributed by atoms with Crippen molar-refractivity contribution < 1.29 is 14.7 Å². The molecule has 7 nitrogen and oxygen atoms in total. The van der Waals surface area contributed by atoms with Gasteiger partial charge in [0.2, 0.25) is 5.91 Å². The third-order valence-corrected chi connectivity index (χ3v) is 6.08. The molecule has 0 aliphatic carbocycles. The maximum absolute atomic E-state index is 12.5. The highest BCUT2D eigenvalue weighted by molar-refractivity contribution is 8.01. The number of carbonyl (C=O) groups is 2. The molecule has 124 valence electrons. The summed E-state index contributed by atoms with van der Waals surface area (Å²) in [6.45, 7) is 3.72. The Hall–Kier alpha value is -2.35. The number of carboxylic acid groups (broad SMARTS) is 1. The van der Waals surface area contributed by atoms with Crippen molar-refractivity contribution in [3.8, 4) is 0 Å². The number of hydrogen-bond acceptors (Lipinski definition) is 6. The van der Waals surface area contributed by atoms with Crippen LogP contribution in [0, 0.1) is 0 Å². The van der Waals surface area contributed by atoms with Gasteiger partial charge in [0, 0.05) is 10.1 Å². The fraction of sp³-hybridized carbons (Fsp3) is 0.375. The Balaban J connectivity index is 1.64. The number of carboxylic acids is 1. The highest BCUT2D eigenvalue weighted by Crippen LogP contribution is 2.51. The number of nitrogens with zero attached hydrogens (tertiary/aromatic N) is 3. The molecule has 2 aliphatic rings. The summed E-state index contributed by atoms with van der Waals surface area (Å²) in [6.07, 6.45) is 1.46. The number of carbonyl (C=O) groups excluding carboxylic acids is 1. The van der Waals surface area contributed by atoms with Gasteiger partial charge in [-0.15, -0.1) is 11.8 Å². The molecule has 0 saturated carbocycles. The summed E-state index contributed by atoms with van der Waals surface area (Å²) >= 11 is 1.51. The van der Waals surface area contributed by atoms with Crippen LogP contribution in [0.5, 0.6) is 0 Å². The predicted molar refractivity (Wildman–Crippen MR) is 90.7 cm³/mol. The van der Waals surface area contributed by atoms with Gasteiger partial charge in [-0.1, -0.05) is 12.1 Å². The van der Waals surface area contributed by atoms with Crippen molar-refractivity contribution in [2.24, 2.45) is 0 Å². The first-order valence-electron chi connectivity index (χ1n) is 7.59. The van der Waals surface area contributed by atoms with Gasteiger partial charge in [0.15, 0.2) is 0 Å². The second-order valence-electron chi connectivity index (χ2n) is 6.46. The zero-order valence-electron chi connectivity index (χ0n) is 13.1. The lowest BCUT2D eigenvalue weighted by atomic mass is 9.96. The van der Waals surface area contributed by atoms with Gasteiger partial charge in [-0.25, -0.2) is 14.8 Å². The van der Waals surface area contributed by atoms with E-state index in [0.717, 1.165) is 10.9 Å². The first-order valence-corrected chi connectivity index (χ1v) is 8.47. The fourth-order valence-corrected chi connectivity index (χ4v) is 5.04. The molecule has 3 heterocycles. The number of fused-ring (bicyclic) bond motifs is 2. The minimum Gasteiger partial charge on any atom is -0.480 e. The molecule has 0 bridgehead atoms. The largest absolute Gasteiger partial charge is 0.480 e. The molecule has 2 aromatic rings. The highest BCUT2D eigenvalue weighted by atomic mass is 32.2. The van der Waals surface area contributed by atoms with Crippen molar-refractivity contribution in [3.63, 3.8) is 0 Å². The van der Waals surface area contributed by atoms with Crippen LogP contribution in [0.4, 0.5) is 5.82 Å². The maximum Gasteiger partial charge on any atom is 0.327 e. The van der Waals surface area contributed by atoms with Crippen LogP contribution in [0.15, 0.2) is 30.6 Å². The van der Waals surface area contributed by atoms with E-state index in [9.17, 15) is 14.7 Å². The predicted octanol–water partition coefficient (Wildman–Crippen LogP) is 1.56. The van der Waals surface area contributed by atoms with Crippen LogP contribution in [-0.2, 0) is 9.59 Å². The summed E-state index contributed by atoms with van der Waals surface area (Å²) in [4.78, 5) is 34.0. The Morgan fingerprint density at radius 1 is 1.33 bits per heavy atom. The molecule has 2 fully saturated rings. The second kappa shape index (κ2) is 5.07. The number of thioether (sulfide) groups is 1. The standard InChI is InChI=1S/C16H16N4O3S/c1-16(2)11(15(22)23)20-13(21)10(14(20)24-16)19-12-8-5-3-4-6-9(8)17-7-18-12/h3-7,10-11,14H,1-2H3,(H,22,23)(H,17,18,19). The minimum absolute atomic E-state index is 0.201. The van der Waals surface area contributed by atoms with Gasteiger partial charge in [0.05, 0.1) is 5.52 Å². The van der Waals surface area contributed by atoms with E-state index in [1.54, 1.807) is 0 Å². The number of aromatic nitrogens is 2. The second-order valence-corrected chi connectivity index (χ2v) is 8.23. The van der Waals surface area contributed by atoms with Crippen molar-refractivity contribution >= 4 is 40.4 Å². The van der Waals surface area contributed by atoms with Crippen molar-refractivity contribution in [2.45, 2.75) is 36.1 Å². The van der Waals surface area contributed by atoms with Crippen molar-refractivity contribution in [2.75, 3.05) is 5.32 Å². The molecule has 2 N–H and O–H groups in total. The molecule has 2 aliphatic heterocycles. The average molecular weight is 344 g/mol. The molecular formula is C16H16N4O3S. The van der Waals surface area contributed by atoms with E-state index in [1.807, 2.05) is 38.1 Å². The molecular weight excluding hydrogens is 328 g/mol. The first-order chi connectivity index (χ1) is 11.4. The molecule has 3 atom stereocenters. The number of rotatable bonds is 3. The van der Waals surface area contributed by atoms with Gasteiger partial charge in [-0.2, -0.15) is 0 Å². The van der Waals surface area contributed by atoms with Crippen LogP contribution in [-0.4, -0.2) is 54.1 Å². The van der Waals surface area contributed by atoms with Crippen LogP contribution < -0.4 is 5.32 Å². The molecule has 2 saturated heterocycles. The van der Waals surface area contributed by atoms with Gasteiger partial charge in [0.25, 0.3) is 0 Å². The molecule has 1 aromatic heterocycles. The number of para-hydroxylation sites is 1. The number of anilines is 1. The summed E-state index contributed by atoms with van der Waals surface area (Å²) in [5.41, 5.74) is 0.793. The van der Waals surface area contributed by atoms with E-state index in [2.05, 4.69) is 15.3 Å². The van der Waals surface area contributed by atoms with Crippen LogP contribution in [0.3, 0.4) is 0 Å². The quantitative estimate of drug-likeness (QED) is 0.816. The normalized spacial score (nSPS) is 27.7.